The number of carbonyl (C=O) groups is 1. The van der Waals surface area contributed by atoms with E-state index in [2.05, 4.69) is 27.3 Å². The van der Waals surface area contributed by atoms with Gasteiger partial charge in [0.05, 0.1) is 0 Å². The minimum atomic E-state index is 0.0374. The van der Waals surface area contributed by atoms with Gasteiger partial charge < -0.3 is 14.6 Å². The quantitative estimate of drug-likeness (QED) is 0.833. The third-order valence-corrected chi connectivity index (χ3v) is 4.98. The zero-order valence-electron chi connectivity index (χ0n) is 14.0. The summed E-state index contributed by atoms with van der Waals surface area (Å²) in [6, 6.07) is 1.94. The summed E-state index contributed by atoms with van der Waals surface area (Å²) in [6.45, 7) is 6.21. The molecule has 0 aliphatic carbocycles. The zero-order valence-corrected chi connectivity index (χ0v) is 14.8. The topological polar surface area (TPSA) is 71.3 Å². The maximum atomic E-state index is 11.9. The van der Waals surface area contributed by atoms with Gasteiger partial charge in [0.25, 0.3) is 0 Å². The third kappa shape index (κ3) is 4.88. The summed E-state index contributed by atoms with van der Waals surface area (Å²) in [5, 5.41) is 14.9. The van der Waals surface area contributed by atoms with Gasteiger partial charge in [-0.2, -0.15) is 11.3 Å². The molecule has 6 nitrogen and oxygen atoms in total. The van der Waals surface area contributed by atoms with E-state index in [-0.39, 0.29) is 5.91 Å². The molecule has 1 amide bonds. The molecule has 24 heavy (non-hydrogen) atoms. The van der Waals surface area contributed by atoms with E-state index in [0.29, 0.717) is 31.2 Å². The fourth-order valence-corrected chi connectivity index (χ4v) is 3.64. The van der Waals surface area contributed by atoms with E-state index in [1.807, 2.05) is 16.8 Å². The summed E-state index contributed by atoms with van der Waals surface area (Å²) in [7, 11) is 0. The second kappa shape index (κ2) is 8.39. The molecule has 7 heteroatoms. The van der Waals surface area contributed by atoms with Crippen LogP contribution in [0.5, 0.6) is 0 Å². The number of carbonyl (C=O) groups excluding carboxylic acids is 1. The Labute approximate surface area is 146 Å². The lowest BCUT2D eigenvalue weighted by Gasteiger charge is -2.30. The molecular formula is C17H24N4O2S. The summed E-state index contributed by atoms with van der Waals surface area (Å²) >= 11 is 1.59. The molecule has 1 atom stereocenters. The monoisotopic (exact) mass is 348 g/mol. The van der Waals surface area contributed by atoms with E-state index < -0.39 is 0 Å². The van der Waals surface area contributed by atoms with E-state index in [4.69, 9.17) is 4.42 Å². The predicted octanol–water partition coefficient (Wildman–Crippen LogP) is 2.58. The molecule has 1 aliphatic rings. The Kier molecular flexibility index (Phi) is 5.98. The number of nitrogens with zero attached hydrogens (tertiary/aromatic N) is 3. The molecule has 3 rings (SSSR count). The van der Waals surface area contributed by atoms with Crippen LogP contribution in [0.15, 0.2) is 21.2 Å². The van der Waals surface area contributed by atoms with Crippen molar-refractivity contribution in [2.75, 3.05) is 26.2 Å². The number of piperidine rings is 1. The van der Waals surface area contributed by atoms with Crippen molar-refractivity contribution in [1.82, 2.24) is 20.4 Å². The fourth-order valence-electron chi connectivity index (χ4n) is 3.01. The molecule has 2 aromatic heterocycles. The molecule has 1 fully saturated rings. The van der Waals surface area contributed by atoms with E-state index in [9.17, 15) is 4.79 Å². The third-order valence-electron chi connectivity index (χ3n) is 4.29. The van der Waals surface area contributed by atoms with Crippen molar-refractivity contribution in [3.8, 4) is 11.5 Å². The van der Waals surface area contributed by atoms with Gasteiger partial charge in [0.1, 0.15) is 0 Å². The summed E-state index contributed by atoms with van der Waals surface area (Å²) in [6.07, 6.45) is 3.44. The summed E-state index contributed by atoms with van der Waals surface area (Å²) in [5.74, 6) is 1.84. The molecule has 0 unspecified atom stereocenters. The van der Waals surface area contributed by atoms with Crippen molar-refractivity contribution < 1.29 is 9.21 Å². The molecule has 0 aromatic carbocycles. The van der Waals surface area contributed by atoms with Gasteiger partial charge in [0.15, 0.2) is 0 Å². The molecule has 0 saturated carbocycles. The van der Waals surface area contributed by atoms with Gasteiger partial charge in [-0.05, 0) is 36.8 Å². The van der Waals surface area contributed by atoms with Crippen LogP contribution in [0.4, 0.5) is 0 Å². The minimum Gasteiger partial charge on any atom is -0.421 e. The first-order chi connectivity index (χ1) is 11.7. The highest BCUT2D eigenvalue weighted by molar-refractivity contribution is 7.08. The number of aryl methyl sites for hydroxylation is 1. The Morgan fingerprint density at radius 2 is 2.42 bits per heavy atom. The summed E-state index contributed by atoms with van der Waals surface area (Å²) in [5.41, 5.74) is 0.930. The van der Waals surface area contributed by atoms with E-state index in [0.717, 1.165) is 31.1 Å². The number of rotatable bonds is 7. The van der Waals surface area contributed by atoms with Gasteiger partial charge in [0, 0.05) is 43.4 Å². The molecule has 3 heterocycles. The average Bonchev–Trinajstić information content (AvgIpc) is 3.24. The molecule has 0 bridgehead atoms. The van der Waals surface area contributed by atoms with Gasteiger partial charge >= 0.3 is 0 Å². The minimum absolute atomic E-state index is 0.0374. The van der Waals surface area contributed by atoms with Crippen molar-refractivity contribution in [2.45, 2.75) is 32.6 Å². The smallest absolute Gasteiger partial charge is 0.248 e. The van der Waals surface area contributed by atoms with Crippen LogP contribution in [0.1, 0.15) is 32.1 Å². The van der Waals surface area contributed by atoms with Crippen molar-refractivity contribution in [1.29, 1.82) is 0 Å². The first-order valence-electron chi connectivity index (χ1n) is 8.54. The van der Waals surface area contributed by atoms with Crippen molar-refractivity contribution in [2.24, 2.45) is 5.92 Å². The van der Waals surface area contributed by atoms with Crippen LogP contribution in [0.3, 0.4) is 0 Å². The summed E-state index contributed by atoms with van der Waals surface area (Å²) in [4.78, 5) is 14.4. The van der Waals surface area contributed by atoms with Gasteiger partial charge in [-0.3, -0.25) is 4.79 Å². The Hall–Kier alpha value is -1.73. The standard InChI is InChI=1S/C17H24N4O2S/c1-13-3-2-8-21(11-13)9-7-18-15(22)4-5-16-19-20-17(23-16)14-6-10-24-12-14/h6,10,12-13H,2-5,7-9,11H2,1H3,(H,18,22)/t13-/m0/s1. The van der Waals surface area contributed by atoms with Gasteiger partial charge in [-0.15, -0.1) is 10.2 Å². The molecule has 1 saturated heterocycles. The second-order valence-corrected chi connectivity index (χ2v) is 7.19. The van der Waals surface area contributed by atoms with Crippen molar-refractivity contribution in [3.63, 3.8) is 0 Å². The number of nitrogens with one attached hydrogen (secondary N) is 1. The van der Waals surface area contributed by atoms with Crippen molar-refractivity contribution in [3.05, 3.63) is 22.7 Å². The first kappa shape index (κ1) is 17.1. The van der Waals surface area contributed by atoms with Crippen LogP contribution in [0.2, 0.25) is 0 Å². The zero-order chi connectivity index (χ0) is 16.8. The van der Waals surface area contributed by atoms with E-state index >= 15 is 0 Å². The van der Waals surface area contributed by atoms with Gasteiger partial charge in [-0.1, -0.05) is 6.92 Å². The van der Waals surface area contributed by atoms with Crippen LogP contribution in [0.25, 0.3) is 11.5 Å². The highest BCUT2D eigenvalue weighted by Crippen LogP contribution is 2.20. The number of hydrogen-bond acceptors (Lipinski definition) is 6. The molecule has 2 aromatic rings. The predicted molar refractivity (Wildman–Crippen MR) is 93.8 cm³/mol. The number of thiophene rings is 1. The van der Waals surface area contributed by atoms with Gasteiger partial charge in [0.2, 0.25) is 17.7 Å². The number of likely N-dealkylation sites (tertiary alicyclic amines) is 1. The maximum Gasteiger partial charge on any atom is 0.248 e. The van der Waals surface area contributed by atoms with Crippen LogP contribution in [0, 0.1) is 5.92 Å². The maximum absolute atomic E-state index is 11.9. The Balaban J connectivity index is 1.35. The lowest BCUT2D eigenvalue weighted by atomic mass is 10.0. The van der Waals surface area contributed by atoms with E-state index in [1.165, 1.54) is 12.8 Å². The average molecular weight is 348 g/mol. The number of aromatic nitrogens is 2. The SMILES string of the molecule is C[C@H]1CCCN(CCNC(=O)CCc2nnc(-c3ccsc3)o2)C1. The Morgan fingerprint density at radius 1 is 1.50 bits per heavy atom. The largest absolute Gasteiger partial charge is 0.421 e. The first-order valence-corrected chi connectivity index (χ1v) is 9.49. The highest BCUT2D eigenvalue weighted by atomic mass is 32.1. The van der Waals surface area contributed by atoms with Crippen LogP contribution in [-0.4, -0.2) is 47.2 Å². The van der Waals surface area contributed by atoms with Crippen molar-refractivity contribution >= 4 is 17.2 Å². The number of amides is 1. The molecular weight excluding hydrogens is 324 g/mol. The van der Waals surface area contributed by atoms with Gasteiger partial charge in [-0.25, -0.2) is 0 Å². The van der Waals surface area contributed by atoms with Crippen LogP contribution in [-0.2, 0) is 11.2 Å². The molecule has 1 N–H and O–H groups in total. The number of hydrogen-bond donors (Lipinski definition) is 1. The summed E-state index contributed by atoms with van der Waals surface area (Å²) < 4.78 is 5.59. The normalized spacial score (nSPS) is 18.6. The Bertz CT molecular complexity index is 641. The lowest BCUT2D eigenvalue weighted by molar-refractivity contribution is -0.121. The molecule has 1 aliphatic heterocycles. The molecule has 130 valence electrons. The van der Waals surface area contributed by atoms with Crippen LogP contribution >= 0.6 is 11.3 Å². The lowest BCUT2D eigenvalue weighted by Crippen LogP contribution is -2.40. The molecule has 0 radical (unpaired) electrons. The highest BCUT2D eigenvalue weighted by Gasteiger charge is 2.16. The van der Waals surface area contributed by atoms with Crippen LogP contribution < -0.4 is 5.32 Å². The van der Waals surface area contributed by atoms with E-state index in [1.54, 1.807) is 11.3 Å². The fraction of sp³-hybridized carbons (Fsp3) is 0.588. The second-order valence-electron chi connectivity index (χ2n) is 6.41. The molecule has 0 spiro atoms. The Morgan fingerprint density at radius 3 is 3.21 bits per heavy atom.